The number of nitrogens with one attached hydrogen (secondary N) is 1. The predicted octanol–water partition coefficient (Wildman–Crippen LogP) is 3.25. The van der Waals surface area contributed by atoms with E-state index in [-0.39, 0.29) is 11.8 Å². The van der Waals surface area contributed by atoms with Gasteiger partial charge in [-0.05, 0) is 23.3 Å². The van der Waals surface area contributed by atoms with Gasteiger partial charge in [0.05, 0.1) is 12.8 Å². The minimum atomic E-state index is -0.711. The summed E-state index contributed by atoms with van der Waals surface area (Å²) in [6.45, 7) is 0. The first-order valence-corrected chi connectivity index (χ1v) is 8.74. The van der Waals surface area contributed by atoms with Crippen LogP contribution in [0.2, 0.25) is 0 Å². The molecular formula is C22H23N3O2. The molecule has 0 unspecified atom stereocenters. The topological polar surface area (TPSA) is 67.6 Å². The summed E-state index contributed by atoms with van der Waals surface area (Å²) in [6.07, 6.45) is 0. The molecule has 1 atom stereocenters. The van der Waals surface area contributed by atoms with E-state index in [0.717, 1.165) is 16.8 Å². The van der Waals surface area contributed by atoms with Gasteiger partial charge in [0.2, 0.25) is 0 Å². The van der Waals surface area contributed by atoms with Crippen LogP contribution in [0.4, 0.5) is 5.69 Å². The van der Waals surface area contributed by atoms with Crippen molar-refractivity contribution in [3.63, 3.8) is 0 Å². The summed E-state index contributed by atoms with van der Waals surface area (Å²) in [5.74, 6) is 5.86. The minimum absolute atomic E-state index is 0.284. The van der Waals surface area contributed by atoms with Crippen molar-refractivity contribution in [2.45, 2.75) is 12.0 Å². The van der Waals surface area contributed by atoms with Crippen molar-refractivity contribution in [3.8, 4) is 0 Å². The molecule has 138 valence electrons. The number of amides is 1. The zero-order valence-corrected chi connectivity index (χ0v) is 15.2. The van der Waals surface area contributed by atoms with Gasteiger partial charge in [-0.2, -0.15) is 0 Å². The SMILES string of the molecule is CONC(=O)[C@H](C(c1ccccc1)c1ccccc1)N(N)c1ccccc1. The number of carbonyl (C=O) groups excluding carboxylic acids is 1. The van der Waals surface area contributed by atoms with Crippen molar-refractivity contribution in [1.29, 1.82) is 0 Å². The van der Waals surface area contributed by atoms with Gasteiger partial charge in [0.25, 0.3) is 5.91 Å². The molecule has 0 heterocycles. The molecule has 0 aliphatic carbocycles. The molecule has 3 aromatic carbocycles. The van der Waals surface area contributed by atoms with Gasteiger partial charge in [-0.25, -0.2) is 11.3 Å². The number of rotatable bonds is 7. The maximum atomic E-state index is 13.0. The summed E-state index contributed by atoms with van der Waals surface area (Å²) in [5.41, 5.74) is 5.18. The quantitative estimate of drug-likeness (QED) is 0.501. The van der Waals surface area contributed by atoms with Gasteiger partial charge in [-0.3, -0.25) is 14.6 Å². The van der Waals surface area contributed by atoms with E-state index >= 15 is 0 Å². The van der Waals surface area contributed by atoms with Crippen molar-refractivity contribution >= 4 is 11.6 Å². The number of para-hydroxylation sites is 1. The van der Waals surface area contributed by atoms with Gasteiger partial charge in [0.15, 0.2) is 0 Å². The number of nitrogens with two attached hydrogens (primary N) is 1. The van der Waals surface area contributed by atoms with Crippen molar-refractivity contribution < 1.29 is 9.63 Å². The first kappa shape index (κ1) is 18.6. The number of benzene rings is 3. The number of hydrogen-bond acceptors (Lipinski definition) is 4. The third kappa shape index (κ3) is 4.34. The first-order chi connectivity index (χ1) is 13.2. The van der Waals surface area contributed by atoms with Gasteiger partial charge in [-0.1, -0.05) is 78.9 Å². The standard InChI is InChI=1S/C22H23N3O2/c1-27-24-22(26)21(25(23)19-15-9-4-10-16-19)20(17-11-5-2-6-12-17)18-13-7-3-8-14-18/h2-16,20-21H,23H2,1H3,(H,24,26)/t21-/m0/s1. The van der Waals surface area contributed by atoms with Crippen LogP contribution in [-0.4, -0.2) is 19.1 Å². The van der Waals surface area contributed by atoms with E-state index in [1.807, 2.05) is 91.0 Å². The molecule has 1 amide bonds. The molecule has 0 aromatic heterocycles. The number of anilines is 1. The molecular weight excluding hydrogens is 338 g/mol. The predicted molar refractivity (Wildman–Crippen MR) is 107 cm³/mol. The summed E-state index contributed by atoms with van der Waals surface area (Å²) in [6, 6.07) is 28.5. The lowest BCUT2D eigenvalue weighted by Crippen LogP contribution is -2.54. The molecule has 5 nitrogen and oxygen atoms in total. The van der Waals surface area contributed by atoms with E-state index in [1.165, 1.54) is 12.1 Å². The van der Waals surface area contributed by atoms with E-state index in [9.17, 15) is 4.79 Å². The highest BCUT2D eigenvalue weighted by Gasteiger charge is 2.35. The number of nitrogens with zero attached hydrogens (tertiary/aromatic N) is 1. The molecule has 0 radical (unpaired) electrons. The second-order valence-electron chi connectivity index (χ2n) is 6.16. The molecule has 0 saturated carbocycles. The Balaban J connectivity index is 2.11. The summed E-state index contributed by atoms with van der Waals surface area (Å²) >= 11 is 0. The zero-order valence-electron chi connectivity index (χ0n) is 15.2. The Bertz CT molecular complexity index is 802. The molecule has 0 saturated heterocycles. The van der Waals surface area contributed by atoms with Crippen molar-refractivity contribution in [1.82, 2.24) is 5.48 Å². The fraction of sp³-hybridized carbons (Fsp3) is 0.136. The highest BCUT2D eigenvalue weighted by molar-refractivity contribution is 5.86. The Morgan fingerprint density at radius 3 is 1.74 bits per heavy atom. The average molecular weight is 361 g/mol. The molecule has 27 heavy (non-hydrogen) atoms. The zero-order chi connectivity index (χ0) is 19.1. The van der Waals surface area contributed by atoms with Crippen LogP contribution in [-0.2, 0) is 9.63 Å². The molecule has 3 aromatic rings. The number of hydrogen-bond donors (Lipinski definition) is 2. The Morgan fingerprint density at radius 2 is 1.30 bits per heavy atom. The van der Waals surface area contributed by atoms with Crippen molar-refractivity contribution in [3.05, 3.63) is 102 Å². The van der Waals surface area contributed by atoms with Crippen LogP contribution in [0.5, 0.6) is 0 Å². The molecule has 5 heteroatoms. The van der Waals surface area contributed by atoms with E-state index in [1.54, 1.807) is 0 Å². The molecule has 3 rings (SSSR count). The Morgan fingerprint density at radius 1 is 0.852 bits per heavy atom. The average Bonchev–Trinajstić information content (AvgIpc) is 2.73. The molecule has 0 bridgehead atoms. The van der Waals surface area contributed by atoms with Gasteiger partial charge < -0.3 is 0 Å². The van der Waals surface area contributed by atoms with Gasteiger partial charge in [-0.15, -0.1) is 0 Å². The van der Waals surface area contributed by atoms with Crippen LogP contribution >= 0.6 is 0 Å². The van der Waals surface area contributed by atoms with Gasteiger partial charge >= 0.3 is 0 Å². The van der Waals surface area contributed by atoms with E-state index in [2.05, 4.69) is 5.48 Å². The smallest absolute Gasteiger partial charge is 0.268 e. The number of hydroxylamine groups is 1. The monoisotopic (exact) mass is 361 g/mol. The van der Waals surface area contributed by atoms with Crippen LogP contribution in [0, 0.1) is 0 Å². The highest BCUT2D eigenvalue weighted by atomic mass is 16.6. The van der Waals surface area contributed by atoms with Crippen molar-refractivity contribution in [2.24, 2.45) is 5.84 Å². The molecule has 0 aliphatic heterocycles. The maximum Gasteiger partial charge on any atom is 0.268 e. The summed E-state index contributed by atoms with van der Waals surface area (Å²) < 4.78 is 0. The lowest BCUT2D eigenvalue weighted by atomic mass is 9.84. The van der Waals surface area contributed by atoms with E-state index in [4.69, 9.17) is 10.7 Å². The van der Waals surface area contributed by atoms with Crippen LogP contribution in [0.15, 0.2) is 91.0 Å². The second kappa shape index (κ2) is 8.98. The fourth-order valence-corrected chi connectivity index (χ4v) is 3.24. The third-order valence-electron chi connectivity index (χ3n) is 4.46. The Labute approximate surface area is 159 Å². The van der Waals surface area contributed by atoms with Crippen LogP contribution in [0.3, 0.4) is 0 Å². The maximum absolute atomic E-state index is 13.0. The highest BCUT2D eigenvalue weighted by Crippen LogP contribution is 2.32. The molecule has 3 N–H and O–H groups in total. The normalized spacial score (nSPS) is 11.8. The van der Waals surface area contributed by atoms with Crippen LogP contribution in [0.25, 0.3) is 0 Å². The van der Waals surface area contributed by atoms with Gasteiger partial charge in [0, 0.05) is 5.92 Å². The molecule has 0 spiro atoms. The largest absolute Gasteiger partial charge is 0.298 e. The Hall–Kier alpha value is -3.15. The lowest BCUT2D eigenvalue weighted by Gasteiger charge is -2.34. The van der Waals surface area contributed by atoms with E-state index < -0.39 is 6.04 Å². The van der Waals surface area contributed by atoms with Crippen molar-refractivity contribution in [2.75, 3.05) is 12.1 Å². The summed E-state index contributed by atoms with van der Waals surface area (Å²) in [5, 5.41) is 1.50. The number of carbonyl (C=O) groups is 1. The van der Waals surface area contributed by atoms with Crippen LogP contribution < -0.4 is 16.3 Å². The second-order valence-corrected chi connectivity index (χ2v) is 6.16. The molecule has 0 aliphatic rings. The van der Waals surface area contributed by atoms with Crippen LogP contribution in [0.1, 0.15) is 17.0 Å². The summed E-state index contributed by atoms with van der Waals surface area (Å²) in [7, 11) is 1.42. The van der Waals surface area contributed by atoms with E-state index in [0.29, 0.717) is 0 Å². The lowest BCUT2D eigenvalue weighted by molar-refractivity contribution is -0.133. The minimum Gasteiger partial charge on any atom is -0.298 e. The Kier molecular flexibility index (Phi) is 6.20. The number of hydrazine groups is 1. The summed E-state index contributed by atoms with van der Waals surface area (Å²) in [4.78, 5) is 17.9. The molecule has 0 fully saturated rings. The van der Waals surface area contributed by atoms with Gasteiger partial charge in [0.1, 0.15) is 6.04 Å². The first-order valence-electron chi connectivity index (χ1n) is 8.74. The third-order valence-corrected chi connectivity index (χ3v) is 4.46. The fourth-order valence-electron chi connectivity index (χ4n) is 3.24.